The molecule has 2 rings (SSSR count). The first-order valence-corrected chi connectivity index (χ1v) is 7.82. The largest absolute Gasteiger partial charge is 0.369 e. The van der Waals surface area contributed by atoms with Gasteiger partial charge in [0.15, 0.2) is 0 Å². The fourth-order valence-electron chi connectivity index (χ4n) is 2.62. The molecule has 116 valence electrons. The number of nitrogens with one attached hydrogen (secondary N) is 2. The molecule has 1 aromatic rings. The lowest BCUT2D eigenvalue weighted by atomic mass is 10.0. The second kappa shape index (κ2) is 7.93. The van der Waals surface area contributed by atoms with Crippen LogP contribution in [0.25, 0.3) is 0 Å². The van der Waals surface area contributed by atoms with Crippen LogP contribution in [0.1, 0.15) is 43.6 Å². The summed E-state index contributed by atoms with van der Waals surface area (Å²) in [5, 5.41) is 6.14. The molecule has 1 saturated heterocycles. The van der Waals surface area contributed by atoms with E-state index in [-0.39, 0.29) is 11.9 Å². The molecule has 21 heavy (non-hydrogen) atoms. The van der Waals surface area contributed by atoms with E-state index in [1.165, 1.54) is 12.6 Å². The molecule has 1 aromatic heterocycles. The van der Waals surface area contributed by atoms with Gasteiger partial charge in [0.25, 0.3) is 5.91 Å². The van der Waals surface area contributed by atoms with Crippen LogP contribution < -0.4 is 10.6 Å². The highest BCUT2D eigenvalue weighted by molar-refractivity contribution is 5.92. The van der Waals surface area contributed by atoms with Gasteiger partial charge in [-0.1, -0.05) is 6.92 Å². The number of anilines is 1. The van der Waals surface area contributed by atoms with Gasteiger partial charge in [-0.25, -0.2) is 4.98 Å². The molecular weight excluding hydrogens is 266 g/mol. The molecule has 1 aliphatic rings. The fourth-order valence-corrected chi connectivity index (χ4v) is 2.62. The smallest absolute Gasteiger partial charge is 0.271 e. The van der Waals surface area contributed by atoms with E-state index in [2.05, 4.69) is 32.4 Å². The summed E-state index contributed by atoms with van der Waals surface area (Å²) in [4.78, 5) is 23.0. The molecule has 6 heteroatoms. The Morgan fingerprint density at radius 2 is 2.10 bits per heavy atom. The number of piperidine rings is 1. The standard InChI is InChI=1S/C15H25N5O/c1-3-7-20-8-5-12(6-9-20)18-15(21)13-10-16-11-14(19-13)17-4-2/h10-12H,3-9H2,1-2H3,(H,17,19)(H,18,21). The highest BCUT2D eigenvalue weighted by Gasteiger charge is 2.21. The molecule has 0 atom stereocenters. The number of amides is 1. The van der Waals surface area contributed by atoms with Crippen molar-refractivity contribution >= 4 is 11.7 Å². The first kappa shape index (κ1) is 15.7. The third-order valence-electron chi connectivity index (χ3n) is 3.69. The fraction of sp³-hybridized carbons (Fsp3) is 0.667. The minimum absolute atomic E-state index is 0.129. The lowest BCUT2D eigenvalue weighted by molar-refractivity contribution is 0.0906. The Kier molecular flexibility index (Phi) is 5.92. The molecule has 2 N–H and O–H groups in total. The van der Waals surface area contributed by atoms with Gasteiger partial charge >= 0.3 is 0 Å². The molecule has 0 radical (unpaired) electrons. The van der Waals surface area contributed by atoms with E-state index in [0.717, 1.165) is 39.0 Å². The van der Waals surface area contributed by atoms with Crippen LogP contribution in [0.2, 0.25) is 0 Å². The summed E-state index contributed by atoms with van der Waals surface area (Å²) in [6.45, 7) is 8.21. The van der Waals surface area contributed by atoms with Crippen molar-refractivity contribution in [2.75, 3.05) is 31.5 Å². The minimum Gasteiger partial charge on any atom is -0.369 e. The average molecular weight is 291 g/mol. The summed E-state index contributed by atoms with van der Waals surface area (Å²) < 4.78 is 0. The van der Waals surface area contributed by atoms with Crippen LogP contribution in [0, 0.1) is 0 Å². The Morgan fingerprint density at radius 1 is 1.33 bits per heavy atom. The van der Waals surface area contributed by atoms with Crippen LogP contribution in [-0.4, -0.2) is 53.0 Å². The van der Waals surface area contributed by atoms with E-state index in [4.69, 9.17) is 0 Å². The summed E-state index contributed by atoms with van der Waals surface area (Å²) in [5.41, 5.74) is 0.379. The number of carbonyl (C=O) groups is 1. The quantitative estimate of drug-likeness (QED) is 0.831. The maximum absolute atomic E-state index is 12.2. The van der Waals surface area contributed by atoms with E-state index in [0.29, 0.717) is 11.5 Å². The first-order chi connectivity index (χ1) is 10.2. The number of hydrogen-bond donors (Lipinski definition) is 2. The SMILES string of the molecule is CCCN1CCC(NC(=O)c2cncc(NCC)n2)CC1. The summed E-state index contributed by atoms with van der Waals surface area (Å²) >= 11 is 0. The monoisotopic (exact) mass is 291 g/mol. The van der Waals surface area contributed by atoms with Crippen LogP contribution >= 0.6 is 0 Å². The van der Waals surface area contributed by atoms with E-state index < -0.39 is 0 Å². The molecule has 1 amide bonds. The number of aromatic nitrogens is 2. The van der Waals surface area contributed by atoms with Gasteiger partial charge in [0.2, 0.25) is 0 Å². The predicted octanol–water partition coefficient (Wildman–Crippen LogP) is 1.51. The molecular formula is C15H25N5O. The van der Waals surface area contributed by atoms with Crippen LogP contribution in [0.4, 0.5) is 5.82 Å². The zero-order valence-corrected chi connectivity index (χ0v) is 12.9. The average Bonchev–Trinajstić information content (AvgIpc) is 2.50. The summed E-state index contributed by atoms with van der Waals surface area (Å²) in [5.74, 6) is 0.513. The van der Waals surface area contributed by atoms with E-state index in [9.17, 15) is 4.79 Å². The predicted molar refractivity (Wildman–Crippen MR) is 83.4 cm³/mol. The maximum atomic E-state index is 12.2. The van der Waals surface area contributed by atoms with Crippen molar-refractivity contribution in [3.05, 3.63) is 18.1 Å². The van der Waals surface area contributed by atoms with Crippen molar-refractivity contribution in [1.29, 1.82) is 0 Å². The van der Waals surface area contributed by atoms with E-state index in [1.807, 2.05) is 6.92 Å². The number of likely N-dealkylation sites (tertiary alicyclic amines) is 1. The Labute approximate surface area is 126 Å². The third kappa shape index (κ3) is 4.67. The number of nitrogens with zero attached hydrogens (tertiary/aromatic N) is 3. The second-order valence-electron chi connectivity index (χ2n) is 5.41. The van der Waals surface area contributed by atoms with Gasteiger partial charge in [0, 0.05) is 25.7 Å². The highest BCUT2D eigenvalue weighted by atomic mass is 16.1. The number of carbonyl (C=O) groups excluding carboxylic acids is 1. The molecule has 0 aromatic carbocycles. The highest BCUT2D eigenvalue weighted by Crippen LogP contribution is 2.11. The Balaban J connectivity index is 1.86. The third-order valence-corrected chi connectivity index (χ3v) is 3.69. The number of hydrogen-bond acceptors (Lipinski definition) is 5. The molecule has 0 spiro atoms. The van der Waals surface area contributed by atoms with Crippen molar-refractivity contribution in [2.45, 2.75) is 39.2 Å². The van der Waals surface area contributed by atoms with Crippen molar-refractivity contribution < 1.29 is 4.79 Å². The van der Waals surface area contributed by atoms with Gasteiger partial charge in [0.05, 0.1) is 12.4 Å². The Hall–Kier alpha value is -1.69. The zero-order chi connectivity index (χ0) is 15.1. The van der Waals surface area contributed by atoms with E-state index >= 15 is 0 Å². The Morgan fingerprint density at radius 3 is 2.76 bits per heavy atom. The summed E-state index contributed by atoms with van der Waals surface area (Å²) in [6, 6.07) is 0.246. The minimum atomic E-state index is -0.129. The first-order valence-electron chi connectivity index (χ1n) is 7.82. The Bertz CT molecular complexity index is 457. The lowest BCUT2D eigenvalue weighted by Gasteiger charge is -2.31. The van der Waals surface area contributed by atoms with Crippen LogP contribution in [0.5, 0.6) is 0 Å². The van der Waals surface area contributed by atoms with Crippen molar-refractivity contribution in [3.63, 3.8) is 0 Å². The lowest BCUT2D eigenvalue weighted by Crippen LogP contribution is -2.45. The van der Waals surface area contributed by atoms with Gasteiger partial charge in [-0.15, -0.1) is 0 Å². The van der Waals surface area contributed by atoms with Gasteiger partial charge in [-0.2, -0.15) is 0 Å². The van der Waals surface area contributed by atoms with Crippen molar-refractivity contribution in [1.82, 2.24) is 20.2 Å². The molecule has 0 bridgehead atoms. The molecule has 0 saturated carbocycles. The van der Waals surface area contributed by atoms with E-state index in [1.54, 1.807) is 6.20 Å². The topological polar surface area (TPSA) is 70.2 Å². The molecule has 1 aliphatic heterocycles. The summed E-state index contributed by atoms with van der Waals surface area (Å²) in [6.07, 6.45) is 6.34. The van der Waals surface area contributed by atoms with Crippen LogP contribution in [-0.2, 0) is 0 Å². The molecule has 1 fully saturated rings. The maximum Gasteiger partial charge on any atom is 0.271 e. The van der Waals surface area contributed by atoms with Gasteiger partial charge < -0.3 is 15.5 Å². The van der Waals surface area contributed by atoms with Gasteiger partial charge in [-0.3, -0.25) is 9.78 Å². The number of rotatable bonds is 6. The molecule has 0 unspecified atom stereocenters. The normalized spacial score (nSPS) is 16.7. The van der Waals surface area contributed by atoms with Crippen molar-refractivity contribution in [3.8, 4) is 0 Å². The summed E-state index contributed by atoms with van der Waals surface area (Å²) in [7, 11) is 0. The molecule has 2 heterocycles. The van der Waals surface area contributed by atoms with Gasteiger partial charge in [0.1, 0.15) is 11.5 Å². The van der Waals surface area contributed by atoms with Crippen molar-refractivity contribution in [2.24, 2.45) is 0 Å². The van der Waals surface area contributed by atoms with Crippen LogP contribution in [0.15, 0.2) is 12.4 Å². The second-order valence-corrected chi connectivity index (χ2v) is 5.41. The molecule has 0 aliphatic carbocycles. The van der Waals surface area contributed by atoms with Crippen LogP contribution in [0.3, 0.4) is 0 Å². The van der Waals surface area contributed by atoms with Gasteiger partial charge in [-0.05, 0) is 32.7 Å². The zero-order valence-electron chi connectivity index (χ0n) is 12.9. The molecule has 6 nitrogen and oxygen atoms in total.